The molecule has 2 N–H and O–H groups in total. The van der Waals surface area contributed by atoms with Crippen LogP contribution < -0.4 is 5.32 Å². The molecule has 124 valence electrons. The van der Waals surface area contributed by atoms with Crippen LogP contribution in [0.4, 0.5) is 13.2 Å². The van der Waals surface area contributed by atoms with Gasteiger partial charge in [-0.2, -0.15) is 13.2 Å². The van der Waals surface area contributed by atoms with Crippen LogP contribution in [0.15, 0.2) is 0 Å². The highest BCUT2D eigenvalue weighted by Crippen LogP contribution is 2.38. The van der Waals surface area contributed by atoms with Gasteiger partial charge in [-0.05, 0) is 19.8 Å². The molecule has 1 heterocycles. The van der Waals surface area contributed by atoms with Gasteiger partial charge in [-0.1, -0.05) is 12.8 Å². The van der Waals surface area contributed by atoms with Crippen LogP contribution in [0.1, 0.15) is 32.6 Å². The molecule has 1 aliphatic carbocycles. The SMILES string of the molecule is C[C@@H](NC[C@@H](O)C(F)(F)F)C1(N2CCOCC2)CCCC1. The fraction of sp³-hybridized carbons (Fsp3) is 1.00. The van der Waals surface area contributed by atoms with Crippen molar-refractivity contribution in [3.63, 3.8) is 0 Å². The predicted octanol–water partition coefficient (Wildman–Crippen LogP) is 1.53. The molecule has 2 rings (SSSR count). The highest BCUT2D eigenvalue weighted by molar-refractivity contribution is 5.02. The number of aliphatic hydroxyl groups is 1. The summed E-state index contributed by atoms with van der Waals surface area (Å²) in [5, 5.41) is 12.1. The number of hydrogen-bond donors (Lipinski definition) is 2. The third-order valence-electron chi connectivity index (χ3n) is 4.91. The van der Waals surface area contributed by atoms with Crippen LogP contribution >= 0.6 is 0 Å². The van der Waals surface area contributed by atoms with Gasteiger partial charge in [0.1, 0.15) is 0 Å². The van der Waals surface area contributed by atoms with E-state index >= 15 is 0 Å². The first kappa shape index (κ1) is 17.0. The minimum atomic E-state index is -4.56. The summed E-state index contributed by atoms with van der Waals surface area (Å²) in [5.74, 6) is 0. The molecule has 0 aromatic carbocycles. The Labute approximate surface area is 123 Å². The normalized spacial score (nSPS) is 26.7. The number of ether oxygens (including phenoxy) is 1. The van der Waals surface area contributed by atoms with Gasteiger partial charge in [-0.3, -0.25) is 4.90 Å². The molecule has 1 saturated carbocycles. The first-order chi connectivity index (χ1) is 9.86. The van der Waals surface area contributed by atoms with Crippen LogP contribution in [-0.2, 0) is 4.74 Å². The highest BCUT2D eigenvalue weighted by Gasteiger charge is 2.45. The van der Waals surface area contributed by atoms with E-state index in [1.54, 1.807) is 0 Å². The van der Waals surface area contributed by atoms with Crippen LogP contribution in [0.5, 0.6) is 0 Å². The zero-order valence-electron chi connectivity index (χ0n) is 12.5. The van der Waals surface area contributed by atoms with Crippen LogP contribution in [0, 0.1) is 0 Å². The smallest absolute Gasteiger partial charge is 0.382 e. The average molecular weight is 310 g/mol. The standard InChI is InChI=1S/C14H25F3N2O2/c1-11(18-10-12(20)14(15,16)17)13(4-2-3-5-13)19-6-8-21-9-7-19/h11-12,18,20H,2-10H2,1H3/t11-,12-/m1/s1. The van der Waals surface area contributed by atoms with Gasteiger partial charge in [0.05, 0.1) is 13.2 Å². The molecule has 0 bridgehead atoms. The average Bonchev–Trinajstić information content (AvgIpc) is 2.95. The number of alkyl halides is 3. The van der Waals surface area contributed by atoms with Gasteiger partial charge in [-0.15, -0.1) is 0 Å². The van der Waals surface area contributed by atoms with Crippen molar-refractivity contribution in [1.82, 2.24) is 10.2 Å². The van der Waals surface area contributed by atoms with E-state index in [1.807, 2.05) is 6.92 Å². The number of rotatable bonds is 5. The molecule has 7 heteroatoms. The van der Waals surface area contributed by atoms with E-state index in [-0.39, 0.29) is 11.6 Å². The second kappa shape index (κ2) is 6.81. The summed E-state index contributed by atoms with van der Waals surface area (Å²) in [6.45, 7) is 4.50. The summed E-state index contributed by atoms with van der Waals surface area (Å²) in [6, 6.07) is -0.0879. The van der Waals surface area contributed by atoms with Crippen molar-refractivity contribution >= 4 is 0 Å². The Balaban J connectivity index is 1.97. The number of morpholine rings is 1. The maximum atomic E-state index is 12.4. The summed E-state index contributed by atoms with van der Waals surface area (Å²) < 4.78 is 42.6. The molecule has 0 aromatic rings. The Morgan fingerprint density at radius 1 is 1.24 bits per heavy atom. The van der Waals surface area contributed by atoms with Gasteiger partial charge in [0, 0.05) is 31.2 Å². The largest absolute Gasteiger partial charge is 0.415 e. The van der Waals surface area contributed by atoms with Crippen molar-refractivity contribution in [2.45, 2.75) is 56.5 Å². The van der Waals surface area contributed by atoms with E-state index in [9.17, 15) is 13.2 Å². The van der Waals surface area contributed by atoms with Gasteiger partial charge >= 0.3 is 6.18 Å². The Morgan fingerprint density at radius 2 is 1.81 bits per heavy atom. The maximum Gasteiger partial charge on any atom is 0.415 e. The first-order valence-electron chi connectivity index (χ1n) is 7.67. The zero-order chi connectivity index (χ0) is 15.5. The second-order valence-electron chi connectivity index (χ2n) is 6.10. The maximum absolute atomic E-state index is 12.4. The molecular formula is C14H25F3N2O2. The van der Waals surface area contributed by atoms with Gasteiger partial charge in [0.15, 0.2) is 6.10 Å². The van der Waals surface area contributed by atoms with Crippen molar-refractivity contribution in [2.24, 2.45) is 0 Å². The summed E-state index contributed by atoms with van der Waals surface area (Å²) in [5.41, 5.74) is -0.102. The van der Waals surface area contributed by atoms with Crippen molar-refractivity contribution in [1.29, 1.82) is 0 Å². The molecule has 0 unspecified atom stereocenters. The number of nitrogens with zero attached hydrogens (tertiary/aromatic N) is 1. The lowest BCUT2D eigenvalue weighted by Gasteiger charge is -2.47. The Hall–Kier alpha value is -0.370. The fourth-order valence-electron chi connectivity index (χ4n) is 3.61. The monoisotopic (exact) mass is 310 g/mol. The molecule has 21 heavy (non-hydrogen) atoms. The topological polar surface area (TPSA) is 44.7 Å². The molecule has 4 nitrogen and oxygen atoms in total. The van der Waals surface area contributed by atoms with E-state index in [4.69, 9.17) is 9.84 Å². The summed E-state index contributed by atoms with van der Waals surface area (Å²) in [7, 11) is 0. The molecule has 0 amide bonds. The number of aliphatic hydroxyl groups excluding tert-OH is 1. The van der Waals surface area contributed by atoms with E-state index in [1.165, 1.54) is 0 Å². The first-order valence-corrected chi connectivity index (χ1v) is 7.67. The molecule has 2 fully saturated rings. The quantitative estimate of drug-likeness (QED) is 0.808. The summed E-state index contributed by atoms with van der Waals surface area (Å²) in [4.78, 5) is 2.36. The van der Waals surface area contributed by atoms with Gasteiger partial charge in [0.25, 0.3) is 0 Å². The third kappa shape index (κ3) is 3.88. The van der Waals surface area contributed by atoms with Gasteiger partial charge < -0.3 is 15.2 Å². The number of nitrogens with one attached hydrogen (secondary N) is 1. The molecule has 0 radical (unpaired) electrons. The lowest BCUT2D eigenvalue weighted by Crippen LogP contribution is -2.62. The number of halogens is 3. The molecule has 2 aliphatic rings. The third-order valence-corrected chi connectivity index (χ3v) is 4.91. The van der Waals surface area contributed by atoms with Gasteiger partial charge in [-0.25, -0.2) is 0 Å². The van der Waals surface area contributed by atoms with E-state index in [2.05, 4.69) is 10.2 Å². The van der Waals surface area contributed by atoms with Crippen LogP contribution in [0.2, 0.25) is 0 Å². The van der Waals surface area contributed by atoms with Crippen LogP contribution in [0.3, 0.4) is 0 Å². The van der Waals surface area contributed by atoms with Crippen molar-refractivity contribution < 1.29 is 23.0 Å². The second-order valence-corrected chi connectivity index (χ2v) is 6.10. The molecule has 0 spiro atoms. The fourth-order valence-corrected chi connectivity index (χ4v) is 3.61. The highest BCUT2D eigenvalue weighted by atomic mass is 19.4. The summed E-state index contributed by atoms with van der Waals surface area (Å²) in [6.07, 6.45) is -2.68. The minimum Gasteiger partial charge on any atom is -0.382 e. The van der Waals surface area contributed by atoms with Crippen LogP contribution in [-0.4, -0.2) is 66.7 Å². The molecular weight excluding hydrogens is 285 g/mol. The predicted molar refractivity (Wildman–Crippen MR) is 73.1 cm³/mol. The molecule has 1 aliphatic heterocycles. The van der Waals surface area contributed by atoms with Gasteiger partial charge in [0.2, 0.25) is 0 Å². The van der Waals surface area contributed by atoms with E-state index in [0.29, 0.717) is 13.2 Å². The Kier molecular flexibility index (Phi) is 5.51. The van der Waals surface area contributed by atoms with Crippen molar-refractivity contribution in [2.75, 3.05) is 32.8 Å². The van der Waals surface area contributed by atoms with E-state index < -0.39 is 18.8 Å². The Morgan fingerprint density at radius 3 is 2.33 bits per heavy atom. The Bertz CT molecular complexity index is 327. The zero-order valence-corrected chi connectivity index (χ0v) is 12.5. The lowest BCUT2D eigenvalue weighted by molar-refractivity contribution is -0.202. The van der Waals surface area contributed by atoms with E-state index in [0.717, 1.165) is 38.8 Å². The van der Waals surface area contributed by atoms with Crippen molar-refractivity contribution in [3.05, 3.63) is 0 Å². The molecule has 0 aromatic heterocycles. The van der Waals surface area contributed by atoms with Crippen molar-refractivity contribution in [3.8, 4) is 0 Å². The minimum absolute atomic E-state index is 0.0879. The molecule has 2 atom stereocenters. The molecule has 1 saturated heterocycles. The lowest BCUT2D eigenvalue weighted by atomic mass is 9.86. The summed E-state index contributed by atoms with van der Waals surface area (Å²) >= 11 is 0. The number of hydrogen-bond acceptors (Lipinski definition) is 4. The van der Waals surface area contributed by atoms with Crippen LogP contribution in [0.25, 0.3) is 0 Å².